The van der Waals surface area contributed by atoms with Gasteiger partial charge in [0.25, 0.3) is 0 Å². The maximum atomic E-state index is 12.2. The van der Waals surface area contributed by atoms with E-state index in [9.17, 15) is 4.79 Å². The smallest absolute Gasteiger partial charge is 0.220 e. The molecule has 1 aliphatic heterocycles. The summed E-state index contributed by atoms with van der Waals surface area (Å²) >= 11 is 0. The summed E-state index contributed by atoms with van der Waals surface area (Å²) in [6.45, 7) is 3.42. The minimum atomic E-state index is 0. The average molecular weight is 291 g/mol. The lowest BCUT2D eigenvalue weighted by Gasteiger charge is -2.36. The molecule has 0 aromatic carbocycles. The molecule has 1 saturated carbocycles. The van der Waals surface area contributed by atoms with Gasteiger partial charge in [-0.15, -0.1) is 12.4 Å². The summed E-state index contributed by atoms with van der Waals surface area (Å²) in [5.41, 5.74) is 5.98. The van der Waals surface area contributed by atoms with Gasteiger partial charge in [-0.2, -0.15) is 0 Å². The maximum Gasteiger partial charge on any atom is 0.220 e. The largest absolute Gasteiger partial charge is 0.376 e. The lowest BCUT2D eigenvalue weighted by atomic mass is 9.71. The summed E-state index contributed by atoms with van der Waals surface area (Å²) in [6, 6.07) is 0.191. The number of ether oxygens (including phenoxy) is 1. The van der Waals surface area contributed by atoms with Crippen LogP contribution in [0.2, 0.25) is 0 Å². The summed E-state index contributed by atoms with van der Waals surface area (Å²) in [4.78, 5) is 12.2. The fraction of sp³-hybridized carbons (Fsp3) is 0.929. The zero-order chi connectivity index (χ0) is 13.0. The molecule has 4 nitrogen and oxygen atoms in total. The van der Waals surface area contributed by atoms with Gasteiger partial charge in [-0.25, -0.2) is 0 Å². The van der Waals surface area contributed by atoms with Gasteiger partial charge in [-0.05, 0) is 38.1 Å². The second-order valence-corrected chi connectivity index (χ2v) is 5.98. The van der Waals surface area contributed by atoms with Gasteiger partial charge in [0.2, 0.25) is 5.91 Å². The Bertz CT molecular complexity index is 293. The Hall–Kier alpha value is -0.320. The third-order valence-corrected chi connectivity index (χ3v) is 4.61. The van der Waals surface area contributed by atoms with E-state index in [1.165, 1.54) is 19.3 Å². The molecule has 0 radical (unpaired) electrons. The van der Waals surface area contributed by atoms with Crippen molar-refractivity contribution in [2.24, 2.45) is 11.1 Å². The molecule has 0 bridgehead atoms. The zero-order valence-corrected chi connectivity index (χ0v) is 12.6. The normalized spacial score (nSPS) is 29.6. The van der Waals surface area contributed by atoms with Gasteiger partial charge in [-0.1, -0.05) is 19.3 Å². The van der Waals surface area contributed by atoms with Crippen molar-refractivity contribution < 1.29 is 9.53 Å². The topological polar surface area (TPSA) is 64.3 Å². The molecular weight excluding hydrogens is 264 g/mol. The lowest BCUT2D eigenvalue weighted by Crippen LogP contribution is -2.44. The van der Waals surface area contributed by atoms with Crippen LogP contribution in [-0.4, -0.2) is 31.2 Å². The van der Waals surface area contributed by atoms with Crippen LogP contribution in [0.15, 0.2) is 0 Å². The molecule has 2 aliphatic rings. The molecule has 2 rings (SSSR count). The number of amides is 1. The van der Waals surface area contributed by atoms with Crippen molar-refractivity contribution in [2.45, 2.75) is 64.0 Å². The monoisotopic (exact) mass is 290 g/mol. The third kappa shape index (κ3) is 4.33. The average Bonchev–Trinajstić information content (AvgIpc) is 2.76. The second kappa shape index (κ2) is 7.46. The highest BCUT2D eigenvalue weighted by Crippen LogP contribution is 2.38. The predicted molar refractivity (Wildman–Crippen MR) is 78.4 cm³/mol. The number of halogens is 1. The van der Waals surface area contributed by atoms with Crippen LogP contribution in [-0.2, 0) is 9.53 Å². The number of hydrogen-bond donors (Lipinski definition) is 2. The van der Waals surface area contributed by atoms with Crippen molar-refractivity contribution in [1.29, 1.82) is 0 Å². The first kappa shape index (κ1) is 16.7. The zero-order valence-electron chi connectivity index (χ0n) is 11.8. The van der Waals surface area contributed by atoms with Crippen LogP contribution in [0, 0.1) is 5.41 Å². The van der Waals surface area contributed by atoms with Gasteiger partial charge in [0.15, 0.2) is 0 Å². The highest BCUT2D eigenvalue weighted by Gasteiger charge is 2.34. The number of nitrogens with one attached hydrogen (secondary N) is 1. The molecule has 2 atom stereocenters. The van der Waals surface area contributed by atoms with Crippen LogP contribution in [0.3, 0.4) is 0 Å². The van der Waals surface area contributed by atoms with Gasteiger partial charge in [0.1, 0.15) is 0 Å². The standard InChI is InChI=1S/C14H26N2O2.ClH/c1-11-12(5-8-18-11)16-13(17)9-14(10-15)6-3-2-4-7-14;/h11-12H,2-10,15H2,1H3,(H,16,17);1H. The van der Waals surface area contributed by atoms with E-state index >= 15 is 0 Å². The SMILES string of the molecule is CC1OCCC1NC(=O)CC1(CN)CCCCC1.Cl. The minimum Gasteiger partial charge on any atom is -0.376 e. The molecule has 1 aliphatic carbocycles. The number of nitrogens with two attached hydrogens (primary N) is 1. The number of carbonyl (C=O) groups is 1. The first-order valence-corrected chi connectivity index (χ1v) is 7.26. The van der Waals surface area contributed by atoms with Gasteiger partial charge < -0.3 is 15.8 Å². The first-order chi connectivity index (χ1) is 8.65. The molecule has 3 N–H and O–H groups in total. The Morgan fingerprint density at radius 2 is 2.05 bits per heavy atom. The van der Waals surface area contributed by atoms with Crippen LogP contribution in [0.4, 0.5) is 0 Å². The number of rotatable bonds is 4. The van der Waals surface area contributed by atoms with Gasteiger partial charge in [0, 0.05) is 13.0 Å². The van der Waals surface area contributed by atoms with E-state index in [2.05, 4.69) is 5.32 Å². The lowest BCUT2D eigenvalue weighted by molar-refractivity contribution is -0.125. The van der Waals surface area contributed by atoms with Crippen molar-refractivity contribution in [2.75, 3.05) is 13.2 Å². The van der Waals surface area contributed by atoms with E-state index in [0.717, 1.165) is 25.9 Å². The Kier molecular flexibility index (Phi) is 6.57. The molecule has 0 spiro atoms. The summed E-state index contributed by atoms with van der Waals surface area (Å²) < 4.78 is 5.47. The quantitative estimate of drug-likeness (QED) is 0.832. The van der Waals surface area contributed by atoms with Crippen molar-refractivity contribution in [1.82, 2.24) is 5.32 Å². The Labute approximate surface area is 122 Å². The fourth-order valence-electron chi connectivity index (χ4n) is 3.27. The van der Waals surface area contributed by atoms with Crippen molar-refractivity contribution >= 4 is 18.3 Å². The van der Waals surface area contributed by atoms with Crippen LogP contribution in [0.25, 0.3) is 0 Å². The Morgan fingerprint density at radius 1 is 1.37 bits per heavy atom. The number of carbonyl (C=O) groups excluding carboxylic acids is 1. The molecule has 112 valence electrons. The van der Waals surface area contributed by atoms with Crippen LogP contribution >= 0.6 is 12.4 Å². The van der Waals surface area contributed by atoms with Crippen LogP contribution in [0.1, 0.15) is 51.9 Å². The first-order valence-electron chi connectivity index (χ1n) is 7.26. The maximum absolute atomic E-state index is 12.2. The molecule has 1 saturated heterocycles. The van der Waals surface area contributed by atoms with Gasteiger partial charge in [0.05, 0.1) is 12.1 Å². The summed E-state index contributed by atoms with van der Waals surface area (Å²) in [6.07, 6.45) is 7.60. The molecule has 19 heavy (non-hydrogen) atoms. The molecule has 1 heterocycles. The van der Waals surface area contributed by atoms with E-state index in [-0.39, 0.29) is 35.9 Å². The van der Waals surface area contributed by atoms with Crippen molar-refractivity contribution in [3.05, 3.63) is 0 Å². The van der Waals surface area contributed by atoms with E-state index < -0.39 is 0 Å². The van der Waals surface area contributed by atoms with Crippen molar-refractivity contribution in [3.63, 3.8) is 0 Å². The second-order valence-electron chi connectivity index (χ2n) is 5.98. The highest BCUT2D eigenvalue weighted by molar-refractivity contribution is 5.85. The van der Waals surface area contributed by atoms with Crippen LogP contribution < -0.4 is 11.1 Å². The molecule has 2 unspecified atom stereocenters. The molecule has 5 heteroatoms. The molecular formula is C14H27ClN2O2. The molecule has 0 aromatic heterocycles. The summed E-state index contributed by atoms with van der Waals surface area (Å²) in [5.74, 6) is 0.157. The van der Waals surface area contributed by atoms with E-state index in [4.69, 9.17) is 10.5 Å². The van der Waals surface area contributed by atoms with E-state index in [0.29, 0.717) is 13.0 Å². The fourth-order valence-corrected chi connectivity index (χ4v) is 3.27. The van der Waals surface area contributed by atoms with Gasteiger partial charge in [-0.3, -0.25) is 4.79 Å². The molecule has 1 amide bonds. The molecule has 2 fully saturated rings. The highest BCUT2D eigenvalue weighted by atomic mass is 35.5. The Morgan fingerprint density at radius 3 is 2.58 bits per heavy atom. The van der Waals surface area contributed by atoms with Gasteiger partial charge >= 0.3 is 0 Å². The van der Waals surface area contributed by atoms with Crippen molar-refractivity contribution in [3.8, 4) is 0 Å². The number of hydrogen-bond acceptors (Lipinski definition) is 3. The van der Waals surface area contributed by atoms with E-state index in [1.54, 1.807) is 0 Å². The minimum absolute atomic E-state index is 0. The van der Waals surface area contributed by atoms with E-state index in [1.807, 2.05) is 6.92 Å². The third-order valence-electron chi connectivity index (χ3n) is 4.61. The summed E-state index contributed by atoms with van der Waals surface area (Å²) in [7, 11) is 0. The summed E-state index contributed by atoms with van der Waals surface area (Å²) in [5, 5.41) is 3.12. The van der Waals surface area contributed by atoms with Crippen LogP contribution in [0.5, 0.6) is 0 Å². The molecule has 0 aromatic rings. The Balaban J connectivity index is 0.00000180. The predicted octanol–water partition coefficient (Wildman–Crippen LogP) is 2.00.